The summed E-state index contributed by atoms with van der Waals surface area (Å²) in [5.41, 5.74) is 0.703. The molecular formula is C16H16N6O2. The van der Waals surface area contributed by atoms with Crippen molar-refractivity contribution in [2.75, 3.05) is 6.54 Å². The van der Waals surface area contributed by atoms with Crippen LogP contribution in [0.1, 0.15) is 5.56 Å². The van der Waals surface area contributed by atoms with E-state index >= 15 is 0 Å². The smallest absolute Gasteiger partial charge is 0.266 e. The fourth-order valence-electron chi connectivity index (χ4n) is 2.19. The zero-order valence-corrected chi connectivity index (χ0v) is 12.9. The third kappa shape index (κ3) is 3.92. The van der Waals surface area contributed by atoms with E-state index in [1.54, 1.807) is 6.07 Å². The first-order valence-corrected chi connectivity index (χ1v) is 7.46. The van der Waals surface area contributed by atoms with Crippen LogP contribution in [-0.2, 0) is 17.8 Å². The highest BCUT2D eigenvalue weighted by atomic mass is 16.1. The van der Waals surface area contributed by atoms with Gasteiger partial charge in [-0.3, -0.25) is 9.59 Å². The third-order valence-electron chi connectivity index (χ3n) is 3.36. The minimum absolute atomic E-state index is 0.0957. The lowest BCUT2D eigenvalue weighted by Crippen LogP contribution is -2.33. The molecule has 0 fully saturated rings. The Balaban J connectivity index is 1.57. The molecule has 0 atom stereocenters. The fraction of sp³-hybridized carbons (Fsp3) is 0.188. The van der Waals surface area contributed by atoms with Gasteiger partial charge in [-0.1, -0.05) is 30.3 Å². The summed E-state index contributed by atoms with van der Waals surface area (Å²) < 4.78 is 2.75. The van der Waals surface area contributed by atoms with Crippen LogP contribution in [0.4, 0.5) is 0 Å². The summed E-state index contributed by atoms with van der Waals surface area (Å²) in [5.74, 6) is 0.393. The summed E-state index contributed by atoms with van der Waals surface area (Å²) in [6.07, 6.45) is 3.20. The number of hydrogen-bond donors (Lipinski definition) is 1. The molecule has 0 spiro atoms. The van der Waals surface area contributed by atoms with E-state index in [0.717, 1.165) is 5.56 Å². The molecule has 2 aromatic heterocycles. The second-order valence-electron chi connectivity index (χ2n) is 5.11. The minimum atomic E-state index is -0.240. The summed E-state index contributed by atoms with van der Waals surface area (Å²) >= 11 is 0. The van der Waals surface area contributed by atoms with Crippen molar-refractivity contribution in [1.29, 1.82) is 0 Å². The van der Waals surface area contributed by atoms with Gasteiger partial charge in [-0.2, -0.15) is 5.10 Å². The van der Waals surface area contributed by atoms with Crippen LogP contribution in [0.15, 0.2) is 59.9 Å². The summed E-state index contributed by atoms with van der Waals surface area (Å²) in [7, 11) is 0. The molecular weight excluding hydrogens is 308 g/mol. The van der Waals surface area contributed by atoms with Gasteiger partial charge in [0.05, 0.1) is 13.0 Å². The Kier molecular flexibility index (Phi) is 4.76. The van der Waals surface area contributed by atoms with Crippen LogP contribution in [0.25, 0.3) is 5.82 Å². The van der Waals surface area contributed by atoms with Crippen molar-refractivity contribution < 1.29 is 4.79 Å². The highest BCUT2D eigenvalue weighted by Crippen LogP contribution is 1.99. The molecule has 1 aromatic carbocycles. The number of nitrogens with zero attached hydrogens (tertiary/aromatic N) is 5. The SMILES string of the molecule is O=C(Cc1ccccc1)NCCn1nc(-n2cncn2)ccc1=O. The van der Waals surface area contributed by atoms with Crippen molar-refractivity contribution in [2.45, 2.75) is 13.0 Å². The number of carbonyl (C=O) groups excluding carboxylic acids is 1. The number of hydrogen-bond acceptors (Lipinski definition) is 5. The average Bonchev–Trinajstić information content (AvgIpc) is 3.12. The van der Waals surface area contributed by atoms with Gasteiger partial charge in [0, 0.05) is 12.6 Å². The van der Waals surface area contributed by atoms with E-state index in [4.69, 9.17) is 0 Å². The van der Waals surface area contributed by atoms with Crippen LogP contribution in [0.2, 0.25) is 0 Å². The van der Waals surface area contributed by atoms with Crippen LogP contribution in [0.3, 0.4) is 0 Å². The maximum absolute atomic E-state index is 11.9. The molecule has 0 aliphatic rings. The van der Waals surface area contributed by atoms with Crippen molar-refractivity contribution in [3.05, 3.63) is 71.0 Å². The van der Waals surface area contributed by atoms with Crippen LogP contribution in [-0.4, -0.2) is 37.0 Å². The van der Waals surface area contributed by atoms with E-state index in [-0.39, 0.29) is 18.0 Å². The maximum Gasteiger partial charge on any atom is 0.266 e. The molecule has 8 nitrogen and oxygen atoms in total. The summed E-state index contributed by atoms with van der Waals surface area (Å²) in [6.45, 7) is 0.598. The van der Waals surface area contributed by atoms with Gasteiger partial charge in [0.15, 0.2) is 5.82 Å². The Bertz CT molecular complexity index is 858. The quantitative estimate of drug-likeness (QED) is 0.698. The van der Waals surface area contributed by atoms with Gasteiger partial charge in [-0.15, -0.1) is 5.10 Å². The third-order valence-corrected chi connectivity index (χ3v) is 3.36. The molecule has 0 unspecified atom stereocenters. The monoisotopic (exact) mass is 324 g/mol. The van der Waals surface area contributed by atoms with Crippen LogP contribution in [0.5, 0.6) is 0 Å². The molecule has 0 saturated carbocycles. The molecule has 2 heterocycles. The van der Waals surface area contributed by atoms with Crippen LogP contribution >= 0.6 is 0 Å². The van der Waals surface area contributed by atoms with Crippen molar-refractivity contribution >= 4 is 5.91 Å². The second kappa shape index (κ2) is 7.32. The van der Waals surface area contributed by atoms with E-state index in [2.05, 4.69) is 20.5 Å². The maximum atomic E-state index is 11.9. The van der Waals surface area contributed by atoms with Gasteiger partial charge in [-0.05, 0) is 11.6 Å². The fourth-order valence-corrected chi connectivity index (χ4v) is 2.19. The Labute approximate surface area is 137 Å². The zero-order valence-electron chi connectivity index (χ0n) is 12.9. The molecule has 0 saturated heterocycles. The van der Waals surface area contributed by atoms with Crippen molar-refractivity contribution in [2.24, 2.45) is 0 Å². The second-order valence-corrected chi connectivity index (χ2v) is 5.11. The van der Waals surface area contributed by atoms with Crippen LogP contribution in [0, 0.1) is 0 Å². The van der Waals surface area contributed by atoms with E-state index in [1.807, 2.05) is 30.3 Å². The predicted octanol–water partition coefficient (Wildman–Crippen LogP) is 0.183. The van der Waals surface area contributed by atoms with E-state index < -0.39 is 0 Å². The standard InChI is InChI=1S/C16H16N6O2/c23-15(10-13-4-2-1-3-5-13)18-8-9-21-16(24)7-6-14(20-21)22-12-17-11-19-22/h1-7,11-12H,8-10H2,(H,18,23). The molecule has 0 bridgehead atoms. The number of amides is 1. The summed E-state index contributed by atoms with van der Waals surface area (Å²) in [6, 6.07) is 12.5. The highest BCUT2D eigenvalue weighted by molar-refractivity contribution is 5.78. The topological polar surface area (TPSA) is 94.7 Å². The first-order valence-electron chi connectivity index (χ1n) is 7.46. The van der Waals surface area contributed by atoms with Crippen molar-refractivity contribution in [3.63, 3.8) is 0 Å². The van der Waals surface area contributed by atoms with Gasteiger partial charge in [0.1, 0.15) is 12.7 Å². The van der Waals surface area contributed by atoms with Crippen molar-refractivity contribution in [3.8, 4) is 5.82 Å². The Morgan fingerprint density at radius 3 is 2.71 bits per heavy atom. The first kappa shape index (κ1) is 15.6. The van der Waals surface area contributed by atoms with E-state index in [9.17, 15) is 9.59 Å². The van der Waals surface area contributed by atoms with Crippen LogP contribution < -0.4 is 10.9 Å². The number of carbonyl (C=O) groups is 1. The average molecular weight is 324 g/mol. The molecule has 1 amide bonds. The molecule has 122 valence electrons. The molecule has 3 rings (SSSR count). The van der Waals surface area contributed by atoms with E-state index in [0.29, 0.717) is 18.8 Å². The Morgan fingerprint density at radius 2 is 1.96 bits per heavy atom. The predicted molar refractivity (Wildman–Crippen MR) is 86.6 cm³/mol. The lowest BCUT2D eigenvalue weighted by atomic mass is 10.1. The molecule has 0 aliphatic carbocycles. The normalized spacial score (nSPS) is 10.5. The lowest BCUT2D eigenvalue weighted by molar-refractivity contribution is -0.120. The number of benzene rings is 1. The number of nitrogens with one attached hydrogen (secondary N) is 1. The molecule has 1 N–H and O–H groups in total. The minimum Gasteiger partial charge on any atom is -0.354 e. The highest BCUT2D eigenvalue weighted by Gasteiger charge is 2.05. The largest absolute Gasteiger partial charge is 0.354 e. The van der Waals surface area contributed by atoms with Gasteiger partial charge in [0.2, 0.25) is 5.91 Å². The lowest BCUT2D eigenvalue weighted by Gasteiger charge is -2.08. The molecule has 8 heteroatoms. The Hall–Kier alpha value is -3.29. The molecule has 0 aliphatic heterocycles. The zero-order chi connectivity index (χ0) is 16.8. The first-order chi connectivity index (χ1) is 11.7. The van der Waals surface area contributed by atoms with Gasteiger partial charge < -0.3 is 5.32 Å². The van der Waals surface area contributed by atoms with Gasteiger partial charge in [0.25, 0.3) is 5.56 Å². The number of aromatic nitrogens is 5. The molecule has 3 aromatic rings. The summed E-state index contributed by atoms with van der Waals surface area (Å²) in [4.78, 5) is 27.6. The van der Waals surface area contributed by atoms with E-state index in [1.165, 1.54) is 28.1 Å². The summed E-state index contributed by atoms with van der Waals surface area (Å²) in [5, 5.41) is 11.0. The molecule has 0 radical (unpaired) electrons. The number of rotatable bonds is 6. The molecule has 24 heavy (non-hydrogen) atoms. The van der Waals surface area contributed by atoms with Gasteiger partial charge in [-0.25, -0.2) is 14.3 Å². The Morgan fingerprint density at radius 1 is 1.12 bits per heavy atom. The van der Waals surface area contributed by atoms with Crippen molar-refractivity contribution in [1.82, 2.24) is 29.9 Å². The van der Waals surface area contributed by atoms with Gasteiger partial charge >= 0.3 is 0 Å².